The topological polar surface area (TPSA) is 55.8 Å². The first-order chi connectivity index (χ1) is 10.3. The highest BCUT2D eigenvalue weighted by Gasteiger charge is 2.33. The van der Waals surface area contributed by atoms with Crippen molar-refractivity contribution in [3.8, 4) is 11.5 Å². The molecule has 1 saturated carbocycles. The minimum atomic E-state index is -0.827. The maximum absolute atomic E-state index is 11.2. The maximum atomic E-state index is 11.2. The van der Waals surface area contributed by atoms with Crippen molar-refractivity contribution < 1.29 is 19.4 Å². The van der Waals surface area contributed by atoms with Crippen molar-refractivity contribution in [2.45, 2.75) is 57.5 Å². The zero-order valence-corrected chi connectivity index (χ0v) is 14.9. The van der Waals surface area contributed by atoms with Crippen LogP contribution in [-0.2, 0) is 10.2 Å². The summed E-state index contributed by atoms with van der Waals surface area (Å²) in [5.74, 6) is 0.505. The third-order valence-corrected chi connectivity index (χ3v) is 4.81. The lowest BCUT2D eigenvalue weighted by atomic mass is 9.81. The number of ether oxygens (including phenoxy) is 2. The quantitative estimate of drug-likeness (QED) is 0.798. The first-order valence-corrected chi connectivity index (χ1v) is 8.40. The third kappa shape index (κ3) is 3.75. The molecule has 2 rings (SSSR count). The first kappa shape index (κ1) is 17.1. The third-order valence-electron chi connectivity index (χ3n) is 4.15. The van der Waals surface area contributed by atoms with Gasteiger partial charge in [0, 0.05) is 15.5 Å². The Kier molecular flexibility index (Phi) is 5.37. The molecule has 0 aliphatic heterocycles. The van der Waals surface area contributed by atoms with Crippen LogP contribution in [0.25, 0.3) is 0 Å². The molecule has 0 bridgehead atoms. The van der Waals surface area contributed by atoms with Crippen molar-refractivity contribution >= 4 is 21.9 Å². The molecule has 122 valence electrons. The molecule has 0 spiro atoms. The SMILES string of the molecule is COc1ccc(Br)c(C(C)(C)CC(=O)O)c1OC1CCCC1. The summed E-state index contributed by atoms with van der Waals surface area (Å²) >= 11 is 3.56. The normalized spacial score (nSPS) is 15.8. The molecule has 1 aromatic carbocycles. The van der Waals surface area contributed by atoms with Gasteiger partial charge in [-0.1, -0.05) is 29.8 Å². The molecule has 5 heteroatoms. The van der Waals surface area contributed by atoms with Crippen LogP contribution in [0, 0.1) is 0 Å². The molecular formula is C17H23BrO4. The van der Waals surface area contributed by atoms with Crippen LogP contribution in [0.3, 0.4) is 0 Å². The van der Waals surface area contributed by atoms with Crippen molar-refractivity contribution in [3.05, 3.63) is 22.2 Å². The number of hydrogen-bond acceptors (Lipinski definition) is 3. The van der Waals surface area contributed by atoms with Gasteiger partial charge in [0.15, 0.2) is 11.5 Å². The van der Waals surface area contributed by atoms with E-state index >= 15 is 0 Å². The average molecular weight is 371 g/mol. The summed E-state index contributed by atoms with van der Waals surface area (Å²) in [6.07, 6.45) is 4.63. The van der Waals surface area contributed by atoms with Gasteiger partial charge in [0.2, 0.25) is 0 Å². The Balaban J connectivity index is 2.47. The highest BCUT2D eigenvalue weighted by Crippen LogP contribution is 2.46. The molecule has 4 nitrogen and oxygen atoms in total. The van der Waals surface area contributed by atoms with Gasteiger partial charge in [0.25, 0.3) is 0 Å². The largest absolute Gasteiger partial charge is 0.493 e. The number of benzene rings is 1. The van der Waals surface area contributed by atoms with Crippen molar-refractivity contribution in [2.24, 2.45) is 0 Å². The van der Waals surface area contributed by atoms with Crippen LogP contribution in [0.1, 0.15) is 51.5 Å². The number of carboxylic acids is 1. The highest BCUT2D eigenvalue weighted by molar-refractivity contribution is 9.10. The van der Waals surface area contributed by atoms with Crippen molar-refractivity contribution in [1.82, 2.24) is 0 Å². The van der Waals surface area contributed by atoms with Crippen LogP contribution in [0.4, 0.5) is 0 Å². The van der Waals surface area contributed by atoms with E-state index in [-0.39, 0.29) is 12.5 Å². The fourth-order valence-electron chi connectivity index (χ4n) is 3.09. The Labute approximate surface area is 139 Å². The maximum Gasteiger partial charge on any atom is 0.304 e. The summed E-state index contributed by atoms with van der Waals surface area (Å²) in [5.41, 5.74) is 0.300. The van der Waals surface area contributed by atoms with Gasteiger partial charge in [0.05, 0.1) is 19.6 Å². The van der Waals surface area contributed by atoms with Crippen LogP contribution >= 0.6 is 15.9 Å². The lowest BCUT2D eigenvalue weighted by Crippen LogP contribution is -2.25. The van der Waals surface area contributed by atoms with Gasteiger partial charge < -0.3 is 14.6 Å². The van der Waals surface area contributed by atoms with E-state index in [0.29, 0.717) is 11.5 Å². The predicted molar refractivity (Wildman–Crippen MR) is 88.9 cm³/mol. The number of aliphatic carboxylic acids is 1. The van der Waals surface area contributed by atoms with Crippen LogP contribution in [0.5, 0.6) is 11.5 Å². The molecule has 0 aromatic heterocycles. The number of methoxy groups -OCH3 is 1. The van der Waals surface area contributed by atoms with E-state index < -0.39 is 11.4 Å². The number of rotatable bonds is 6. The molecule has 1 N–H and O–H groups in total. The molecule has 22 heavy (non-hydrogen) atoms. The van der Waals surface area contributed by atoms with Gasteiger partial charge in [-0.05, 0) is 37.8 Å². The molecule has 1 aliphatic rings. The summed E-state index contributed by atoms with van der Waals surface area (Å²) in [5, 5.41) is 9.22. The lowest BCUT2D eigenvalue weighted by molar-refractivity contribution is -0.138. The monoisotopic (exact) mass is 370 g/mol. The summed E-state index contributed by atoms with van der Waals surface area (Å²) in [6, 6.07) is 3.74. The number of carbonyl (C=O) groups is 1. The Morgan fingerprint density at radius 3 is 2.55 bits per heavy atom. The fraction of sp³-hybridized carbons (Fsp3) is 0.588. The van der Waals surface area contributed by atoms with Crippen molar-refractivity contribution in [3.63, 3.8) is 0 Å². The standard InChI is InChI=1S/C17H23BrO4/c1-17(2,10-14(19)20)15-12(18)8-9-13(21-3)16(15)22-11-6-4-5-7-11/h8-9,11H,4-7,10H2,1-3H3,(H,19,20). The zero-order chi connectivity index (χ0) is 16.3. The van der Waals surface area contributed by atoms with E-state index in [9.17, 15) is 9.90 Å². The highest BCUT2D eigenvalue weighted by atomic mass is 79.9. The molecule has 0 unspecified atom stereocenters. The number of carboxylic acid groups (broad SMARTS) is 1. The van der Waals surface area contributed by atoms with E-state index in [1.54, 1.807) is 7.11 Å². The Hall–Kier alpha value is -1.23. The van der Waals surface area contributed by atoms with Gasteiger partial charge in [-0.2, -0.15) is 0 Å². The molecule has 0 saturated heterocycles. The van der Waals surface area contributed by atoms with Gasteiger partial charge >= 0.3 is 5.97 Å². The molecular weight excluding hydrogens is 348 g/mol. The number of hydrogen-bond donors (Lipinski definition) is 1. The molecule has 1 fully saturated rings. The summed E-state index contributed by atoms with van der Waals surface area (Å²) in [7, 11) is 1.61. The van der Waals surface area contributed by atoms with Crippen molar-refractivity contribution in [1.29, 1.82) is 0 Å². The van der Waals surface area contributed by atoms with Crippen LogP contribution < -0.4 is 9.47 Å². The molecule has 1 aliphatic carbocycles. The second-order valence-corrected chi connectivity index (χ2v) is 7.29. The van der Waals surface area contributed by atoms with Gasteiger partial charge in [-0.15, -0.1) is 0 Å². The van der Waals surface area contributed by atoms with E-state index in [1.807, 2.05) is 26.0 Å². The van der Waals surface area contributed by atoms with Crippen molar-refractivity contribution in [2.75, 3.05) is 7.11 Å². The Morgan fingerprint density at radius 1 is 1.36 bits per heavy atom. The minimum absolute atomic E-state index is 0.0276. The lowest BCUT2D eigenvalue weighted by Gasteiger charge is -2.29. The molecule has 0 heterocycles. The molecule has 0 atom stereocenters. The summed E-state index contributed by atoms with van der Waals surface area (Å²) in [4.78, 5) is 11.2. The second kappa shape index (κ2) is 6.90. The Bertz CT molecular complexity index is 548. The number of halogens is 1. The van der Waals surface area contributed by atoms with E-state index in [4.69, 9.17) is 9.47 Å². The zero-order valence-electron chi connectivity index (χ0n) is 13.3. The molecule has 0 amide bonds. The van der Waals surface area contributed by atoms with Gasteiger partial charge in [-0.3, -0.25) is 4.79 Å². The predicted octanol–water partition coefficient (Wildman–Crippen LogP) is 4.53. The smallest absolute Gasteiger partial charge is 0.304 e. The molecule has 1 aromatic rings. The van der Waals surface area contributed by atoms with Crippen LogP contribution in [-0.4, -0.2) is 24.3 Å². The van der Waals surface area contributed by atoms with Gasteiger partial charge in [0.1, 0.15) is 0 Å². The molecule has 0 radical (unpaired) electrons. The van der Waals surface area contributed by atoms with Crippen LogP contribution in [0.2, 0.25) is 0 Å². The first-order valence-electron chi connectivity index (χ1n) is 7.60. The Morgan fingerprint density at radius 2 is 2.00 bits per heavy atom. The van der Waals surface area contributed by atoms with Crippen LogP contribution in [0.15, 0.2) is 16.6 Å². The minimum Gasteiger partial charge on any atom is -0.493 e. The summed E-state index contributed by atoms with van der Waals surface area (Å²) in [6.45, 7) is 3.84. The average Bonchev–Trinajstić information content (AvgIpc) is 2.90. The fourth-order valence-corrected chi connectivity index (χ4v) is 3.94. The van der Waals surface area contributed by atoms with Gasteiger partial charge in [-0.25, -0.2) is 0 Å². The van der Waals surface area contributed by atoms with E-state index in [2.05, 4.69) is 15.9 Å². The van der Waals surface area contributed by atoms with E-state index in [1.165, 1.54) is 12.8 Å². The second-order valence-electron chi connectivity index (χ2n) is 6.43. The summed E-state index contributed by atoms with van der Waals surface area (Å²) < 4.78 is 12.5. The van der Waals surface area contributed by atoms with E-state index in [0.717, 1.165) is 22.9 Å².